The maximum absolute atomic E-state index is 12.8. The number of rotatable bonds is 17. The van der Waals surface area contributed by atoms with E-state index in [1.165, 1.54) is 25.7 Å². The number of aromatic nitrogens is 4. The summed E-state index contributed by atoms with van der Waals surface area (Å²) in [5.41, 5.74) is 16.6. The summed E-state index contributed by atoms with van der Waals surface area (Å²) in [5.74, 6) is 1.57. The van der Waals surface area contributed by atoms with Crippen molar-refractivity contribution in [2.45, 2.75) is 114 Å². The van der Waals surface area contributed by atoms with Crippen LogP contribution in [0.25, 0.3) is 22.7 Å². The number of hydrogen-bond acceptors (Lipinski definition) is 10. The molecular weight excluding hydrogens is 1890 g/mol. The Morgan fingerprint density at radius 2 is 0.722 bits per heavy atom. The van der Waals surface area contributed by atoms with Crippen molar-refractivity contribution in [3.63, 3.8) is 0 Å². The fraction of sp³-hybridized carbons (Fsp3) is 0.443. The zero-order valence-corrected chi connectivity index (χ0v) is 71.1. The van der Waals surface area contributed by atoms with E-state index in [4.69, 9.17) is 4.74 Å². The van der Waals surface area contributed by atoms with Gasteiger partial charge >= 0.3 is 0 Å². The van der Waals surface area contributed by atoms with Gasteiger partial charge in [0, 0.05) is 205 Å². The van der Waals surface area contributed by atoms with E-state index in [1.807, 2.05) is 156 Å². The molecule has 14 nitrogen and oxygen atoms in total. The molecule has 8 heterocycles. The zero-order chi connectivity index (χ0) is 66.5. The van der Waals surface area contributed by atoms with Gasteiger partial charge in [-0.2, -0.15) is 72.8 Å². The van der Waals surface area contributed by atoms with Crippen molar-refractivity contribution in [1.29, 1.82) is 0 Å². The topological polar surface area (TPSA) is 113 Å². The smallest absolute Gasteiger partial charge is 0.178 e. The van der Waals surface area contributed by atoms with E-state index in [0.717, 1.165) is 162 Å². The number of methoxy groups -OCH3 is 1. The van der Waals surface area contributed by atoms with Crippen LogP contribution in [0.5, 0.6) is 0 Å². The number of likely N-dealkylation sites (tertiary alicyclic amines) is 3. The van der Waals surface area contributed by atoms with Gasteiger partial charge in [0.1, 0.15) is 0 Å². The van der Waals surface area contributed by atoms with Gasteiger partial charge < -0.3 is 27.9 Å². The third-order valence-electron chi connectivity index (χ3n) is 19.3. The minimum atomic E-state index is 0. The second kappa shape index (κ2) is 38.8. The third kappa shape index (κ3) is 21.9. The van der Waals surface area contributed by atoms with E-state index >= 15 is 0 Å². The molecule has 97 heavy (non-hydrogen) atoms. The van der Waals surface area contributed by atoms with E-state index < -0.39 is 0 Å². The molecule has 2 atom stereocenters. The molecule has 4 aromatic heterocycles. The van der Waals surface area contributed by atoms with Crippen molar-refractivity contribution in [2.75, 3.05) is 106 Å². The SMILES string of the molecule is COC1CCN(CC(=O)c2cc(C)n(-c3cc[c-]cc3)c2C)C1.Cc1cc(C(=O)CN2CCC(C)(C)CC2)c(C)n1-c1cc[c-]cc1.Cc1cc(C(=O)CN2CCCC(C)C2)c(C)n1-c1cc[c-]cc1.Cc1cc(C(=O)CN2CCN(C)CC2)c(C)n1-c1cc[c-]cc1.[W].[W].[W].[W]. The number of aryl methyl sites for hydroxylation is 4. The van der Waals surface area contributed by atoms with Gasteiger partial charge in [-0.3, -0.25) is 38.8 Å². The van der Waals surface area contributed by atoms with E-state index in [0.29, 0.717) is 37.5 Å². The molecule has 518 valence electrons. The quantitative estimate of drug-likeness (QED) is 0.0645. The molecule has 0 saturated carbocycles. The summed E-state index contributed by atoms with van der Waals surface area (Å²) in [6, 6.07) is 51.6. The van der Waals surface area contributed by atoms with Crippen LogP contribution in [0, 0.1) is 91.0 Å². The minimum absolute atomic E-state index is 0. The van der Waals surface area contributed by atoms with E-state index in [1.54, 1.807) is 7.11 Å². The normalized spacial score (nSPS) is 17.2. The molecule has 4 aromatic carbocycles. The van der Waals surface area contributed by atoms with Crippen LogP contribution < -0.4 is 0 Å². The predicted octanol–water partition coefficient (Wildman–Crippen LogP) is 13.1. The summed E-state index contributed by atoms with van der Waals surface area (Å²) >= 11 is 0. The molecule has 4 aliphatic rings. The Morgan fingerprint density at radius 3 is 1.02 bits per heavy atom. The van der Waals surface area contributed by atoms with Crippen LogP contribution in [0.4, 0.5) is 0 Å². The van der Waals surface area contributed by atoms with Gasteiger partial charge in [-0.1, -0.05) is 43.5 Å². The third-order valence-corrected chi connectivity index (χ3v) is 19.3. The molecule has 12 rings (SSSR count). The number of hydrogen-bond donors (Lipinski definition) is 0. The van der Waals surface area contributed by atoms with Crippen LogP contribution in [0.2, 0.25) is 0 Å². The molecular formula is C79H99N9O5W4-4. The van der Waals surface area contributed by atoms with Crippen molar-refractivity contribution < 1.29 is 108 Å². The number of nitrogens with zero attached hydrogens (tertiary/aromatic N) is 9. The number of ketones is 4. The summed E-state index contributed by atoms with van der Waals surface area (Å²) in [6.07, 6.45) is 6.08. The second-order valence-electron chi connectivity index (χ2n) is 27.1. The monoisotopic (exact) mass is 1990 g/mol. The first-order chi connectivity index (χ1) is 44.6. The summed E-state index contributed by atoms with van der Waals surface area (Å²) in [7, 11) is 3.87. The Labute approximate surface area is 636 Å². The van der Waals surface area contributed by atoms with Crippen molar-refractivity contribution in [1.82, 2.24) is 42.8 Å². The van der Waals surface area contributed by atoms with Gasteiger partial charge in [0.2, 0.25) is 0 Å². The standard InChI is InChI=1S/C21H27N2O.C20H25N2O.C19H24N3O.C19H23N2O2.4W/c1-16-14-19(17(2)23(16)18-8-6-5-7-9-18)20(24)15-22-12-10-21(3,4)11-13-22;1-15-8-7-11-21(13-15)14-20(23)19-12-16(2)22(17(19)3)18-9-5-4-6-10-18;1-15-13-18(16(2)22(15)17-7-5-4-6-8-17)19(23)14-21-11-9-20(3)10-12-21;1-14-11-18(15(2)21(14)16-7-5-4-6-8-16)19(22)13-20-10-9-17(12-20)23-3;;;;/h6-9,14H,10-13,15H2,1-4H3;5-6,9-10,12,15H,7-8,11,13-14H2,1-3H3;5-8,13H,9-12,14H2,1-3H3;5-8,11,17H,9-10,12-13H2,1-3H3;;;;/q4*-1;;;;. The van der Waals surface area contributed by atoms with Crippen LogP contribution in [0.3, 0.4) is 0 Å². The Kier molecular flexibility index (Phi) is 33.2. The Balaban J connectivity index is 0.000000231. The minimum Gasteiger partial charge on any atom is -0.380 e. The Hall–Kier alpha value is -4.81. The first kappa shape index (κ1) is 82.9. The molecule has 0 bridgehead atoms. The average molecular weight is 1990 g/mol. The van der Waals surface area contributed by atoms with E-state index in [9.17, 15) is 19.2 Å². The van der Waals surface area contributed by atoms with Crippen LogP contribution in [0.15, 0.2) is 121 Å². The van der Waals surface area contributed by atoms with Gasteiger partial charge in [0.25, 0.3) is 0 Å². The van der Waals surface area contributed by atoms with Crippen molar-refractivity contribution >= 4 is 23.1 Å². The fourth-order valence-corrected chi connectivity index (χ4v) is 13.9. The van der Waals surface area contributed by atoms with Crippen molar-refractivity contribution in [3.8, 4) is 22.7 Å². The summed E-state index contributed by atoms with van der Waals surface area (Å²) < 4.78 is 14.0. The maximum atomic E-state index is 12.8. The molecule has 2 unspecified atom stereocenters. The van der Waals surface area contributed by atoms with Gasteiger partial charge in [0.05, 0.1) is 32.3 Å². The van der Waals surface area contributed by atoms with E-state index in [-0.39, 0.29) is 113 Å². The zero-order valence-electron chi connectivity index (χ0n) is 59.3. The molecule has 18 heteroatoms. The molecule has 4 fully saturated rings. The summed E-state index contributed by atoms with van der Waals surface area (Å²) in [4.78, 5) is 62.4. The van der Waals surface area contributed by atoms with Crippen LogP contribution in [-0.2, 0) is 89.0 Å². The number of piperidine rings is 2. The predicted molar refractivity (Wildman–Crippen MR) is 374 cm³/mol. The van der Waals surface area contributed by atoms with Gasteiger partial charge in [-0.25, -0.2) is 0 Å². The molecule has 0 spiro atoms. The maximum Gasteiger partial charge on any atom is 0.178 e. The van der Waals surface area contributed by atoms with Crippen LogP contribution in [0.1, 0.15) is 140 Å². The largest absolute Gasteiger partial charge is 0.380 e. The van der Waals surface area contributed by atoms with Gasteiger partial charge in [0.15, 0.2) is 23.1 Å². The Morgan fingerprint density at radius 1 is 0.423 bits per heavy atom. The number of carbonyl (C=O) groups is 4. The molecule has 0 N–H and O–H groups in total. The molecule has 4 saturated heterocycles. The van der Waals surface area contributed by atoms with Crippen LogP contribution >= 0.6 is 0 Å². The number of benzene rings is 4. The molecule has 8 aromatic rings. The summed E-state index contributed by atoms with van der Waals surface area (Å²) in [6.45, 7) is 35.2. The number of likely N-dealkylation sites (N-methyl/N-ethyl adjacent to an activating group) is 1. The number of piperazine rings is 1. The van der Waals surface area contributed by atoms with Crippen molar-refractivity contribution in [2.24, 2.45) is 11.3 Å². The first-order valence-electron chi connectivity index (χ1n) is 33.4. The number of ether oxygens (including phenoxy) is 1. The first-order valence-corrected chi connectivity index (χ1v) is 33.4. The molecule has 0 amide bonds. The summed E-state index contributed by atoms with van der Waals surface area (Å²) in [5, 5.41) is 0. The van der Waals surface area contributed by atoms with Crippen LogP contribution in [-0.4, -0.2) is 178 Å². The number of carbonyl (C=O) groups excluding carboxylic acids is 4. The molecule has 4 aliphatic heterocycles. The average Bonchev–Trinajstić information content (AvgIpc) is 1.68. The number of Topliss-reactive ketones (excluding diaryl/α,β-unsaturated/α-hetero) is 4. The van der Waals surface area contributed by atoms with Crippen molar-refractivity contribution in [3.05, 3.63) is 213 Å². The molecule has 0 radical (unpaired) electrons. The molecule has 0 aliphatic carbocycles. The Bertz CT molecular complexity index is 3690. The van der Waals surface area contributed by atoms with Gasteiger partial charge in [-0.05, 0) is 150 Å². The van der Waals surface area contributed by atoms with Gasteiger partial charge in [-0.15, -0.1) is 48.5 Å². The van der Waals surface area contributed by atoms with E-state index in [2.05, 4.69) is 116 Å². The fourth-order valence-electron chi connectivity index (χ4n) is 13.9. The second-order valence-corrected chi connectivity index (χ2v) is 27.1.